The third-order valence-corrected chi connectivity index (χ3v) is 4.38. The van der Waals surface area contributed by atoms with Crippen molar-refractivity contribution in [3.8, 4) is 22.6 Å². The second kappa shape index (κ2) is 7.24. The number of halogens is 2. The number of nitrogens with two attached hydrogens (primary N) is 1. The average molecular weight is 398 g/mol. The van der Waals surface area contributed by atoms with Gasteiger partial charge in [0.1, 0.15) is 11.5 Å². The van der Waals surface area contributed by atoms with Crippen LogP contribution in [0.15, 0.2) is 53.8 Å². The van der Waals surface area contributed by atoms with Gasteiger partial charge in [-0.3, -0.25) is 0 Å². The molecule has 0 saturated carbocycles. The van der Waals surface area contributed by atoms with E-state index in [1.807, 2.05) is 0 Å². The van der Waals surface area contributed by atoms with E-state index >= 15 is 0 Å². The minimum Gasteiger partial charge on any atom is -0.504 e. The molecule has 0 fully saturated rings. The summed E-state index contributed by atoms with van der Waals surface area (Å²) in [7, 11) is 1.45. The number of hydrogen-bond donors (Lipinski definition) is 4. The molecule has 0 aliphatic carbocycles. The van der Waals surface area contributed by atoms with Gasteiger partial charge in [0.05, 0.1) is 12.7 Å². The molecule has 4 rings (SSSR count). The van der Waals surface area contributed by atoms with Crippen molar-refractivity contribution in [1.82, 2.24) is 16.1 Å². The van der Waals surface area contributed by atoms with E-state index in [1.165, 1.54) is 30.3 Å². The van der Waals surface area contributed by atoms with Crippen LogP contribution in [0.5, 0.6) is 11.5 Å². The molecular weight excluding hydrogens is 382 g/mol. The number of pyridine rings is 1. The summed E-state index contributed by atoms with van der Waals surface area (Å²) < 4.78 is 33.1. The first-order valence-corrected chi connectivity index (χ1v) is 8.45. The number of hydrazine groups is 2. The van der Waals surface area contributed by atoms with E-state index in [2.05, 4.69) is 21.2 Å². The summed E-state index contributed by atoms with van der Waals surface area (Å²) in [4.78, 5) is 4.19. The van der Waals surface area contributed by atoms with Crippen molar-refractivity contribution in [3.05, 3.63) is 65.9 Å². The molecule has 2 aromatic carbocycles. The Morgan fingerprint density at radius 3 is 2.76 bits per heavy atom. The smallest absolute Gasteiger partial charge is 0.184 e. The standard InChI is InChI=1S/C19H16F2N6O2/c1-29-16-8-10(5-6-15(16)28)11-7-12(18(22)23-9-11)19-24-25-26-27(19)14-4-2-3-13(20)17(14)21/h2-9,25-26,28H,1H3,(H2,22,23). The highest BCUT2D eigenvalue weighted by atomic mass is 19.2. The number of amidine groups is 1. The third kappa shape index (κ3) is 3.25. The van der Waals surface area contributed by atoms with Gasteiger partial charge in [0.15, 0.2) is 29.0 Å². The van der Waals surface area contributed by atoms with Gasteiger partial charge in [0, 0.05) is 11.8 Å². The Hall–Kier alpha value is -3.92. The molecule has 10 heteroatoms. The van der Waals surface area contributed by atoms with Crippen molar-refractivity contribution < 1.29 is 18.6 Å². The number of aromatic nitrogens is 1. The van der Waals surface area contributed by atoms with Crippen LogP contribution in [0.2, 0.25) is 0 Å². The topological polar surface area (TPSA) is 108 Å². The normalized spacial score (nSPS) is 13.2. The van der Waals surface area contributed by atoms with Crippen LogP contribution in [0, 0.1) is 11.6 Å². The first kappa shape index (κ1) is 18.4. The zero-order valence-corrected chi connectivity index (χ0v) is 15.1. The molecule has 0 atom stereocenters. The second-order valence-electron chi connectivity index (χ2n) is 6.11. The predicted molar refractivity (Wildman–Crippen MR) is 104 cm³/mol. The van der Waals surface area contributed by atoms with Crippen molar-refractivity contribution in [2.75, 3.05) is 17.9 Å². The number of phenols is 1. The molecule has 1 aliphatic heterocycles. The number of phenolic OH excluding ortho intramolecular Hbond substituents is 1. The lowest BCUT2D eigenvalue weighted by atomic mass is 10.0. The zero-order valence-electron chi connectivity index (χ0n) is 15.1. The van der Waals surface area contributed by atoms with Crippen LogP contribution in [0.25, 0.3) is 11.1 Å². The number of ether oxygens (including phenoxy) is 1. The van der Waals surface area contributed by atoms with Crippen LogP contribution in [0.1, 0.15) is 5.56 Å². The summed E-state index contributed by atoms with van der Waals surface area (Å²) in [5, 5.41) is 15.1. The van der Waals surface area contributed by atoms with E-state index in [4.69, 9.17) is 10.5 Å². The SMILES string of the molecule is COc1cc(-c2cnc(N)c(C3=NNNN3c3cccc(F)c3F)c2)ccc1O. The maximum atomic E-state index is 14.3. The van der Waals surface area contributed by atoms with Gasteiger partial charge in [0.25, 0.3) is 0 Å². The Balaban J connectivity index is 1.77. The third-order valence-electron chi connectivity index (χ3n) is 4.38. The summed E-state index contributed by atoms with van der Waals surface area (Å²) in [5.41, 5.74) is 12.8. The van der Waals surface area contributed by atoms with Crippen molar-refractivity contribution >= 4 is 17.3 Å². The van der Waals surface area contributed by atoms with E-state index in [9.17, 15) is 13.9 Å². The molecule has 0 radical (unpaired) electrons. The van der Waals surface area contributed by atoms with Crippen LogP contribution >= 0.6 is 0 Å². The number of methoxy groups -OCH3 is 1. The molecule has 0 saturated heterocycles. The van der Waals surface area contributed by atoms with Crippen LogP contribution < -0.4 is 26.5 Å². The number of nitrogens with one attached hydrogen (secondary N) is 2. The molecule has 0 unspecified atom stereocenters. The highest BCUT2D eigenvalue weighted by Crippen LogP contribution is 2.33. The van der Waals surface area contributed by atoms with Gasteiger partial charge in [-0.1, -0.05) is 12.1 Å². The number of nitrogens with zero attached hydrogens (tertiary/aromatic N) is 3. The van der Waals surface area contributed by atoms with Crippen LogP contribution in [-0.2, 0) is 0 Å². The molecule has 8 nitrogen and oxygen atoms in total. The van der Waals surface area contributed by atoms with E-state index in [0.717, 1.165) is 6.07 Å². The lowest BCUT2D eigenvalue weighted by Gasteiger charge is -2.20. The fraction of sp³-hybridized carbons (Fsp3) is 0.0526. The van der Waals surface area contributed by atoms with Gasteiger partial charge in [-0.25, -0.2) is 24.3 Å². The molecule has 5 N–H and O–H groups in total. The molecule has 0 bridgehead atoms. The number of anilines is 2. The number of hydrogen-bond acceptors (Lipinski definition) is 8. The molecule has 148 valence electrons. The molecule has 0 amide bonds. The van der Waals surface area contributed by atoms with Crippen molar-refractivity contribution in [3.63, 3.8) is 0 Å². The molecular formula is C19H16F2N6O2. The second-order valence-corrected chi connectivity index (χ2v) is 6.11. The summed E-state index contributed by atoms with van der Waals surface area (Å²) >= 11 is 0. The van der Waals surface area contributed by atoms with Crippen LogP contribution in [0.3, 0.4) is 0 Å². The minimum absolute atomic E-state index is 0.00111. The summed E-state index contributed by atoms with van der Waals surface area (Å²) in [5.74, 6) is -1.39. The first-order chi connectivity index (χ1) is 14.0. The predicted octanol–water partition coefficient (Wildman–Crippen LogP) is 2.51. The largest absolute Gasteiger partial charge is 0.504 e. The summed E-state index contributed by atoms with van der Waals surface area (Å²) in [6.07, 6.45) is 1.55. The van der Waals surface area contributed by atoms with Crippen LogP contribution in [0.4, 0.5) is 20.3 Å². The van der Waals surface area contributed by atoms with Gasteiger partial charge in [-0.2, -0.15) is 0 Å². The molecule has 0 spiro atoms. The number of rotatable bonds is 4. The van der Waals surface area contributed by atoms with Gasteiger partial charge in [0.2, 0.25) is 0 Å². The molecule has 1 aliphatic rings. The maximum Gasteiger partial charge on any atom is 0.184 e. The number of nitrogen functional groups attached to an aromatic ring is 1. The zero-order chi connectivity index (χ0) is 20.5. The molecule has 29 heavy (non-hydrogen) atoms. The lowest BCUT2D eigenvalue weighted by Crippen LogP contribution is -2.42. The van der Waals surface area contributed by atoms with E-state index in [-0.39, 0.29) is 23.1 Å². The monoisotopic (exact) mass is 398 g/mol. The highest BCUT2D eigenvalue weighted by molar-refractivity contribution is 6.13. The highest BCUT2D eigenvalue weighted by Gasteiger charge is 2.27. The van der Waals surface area contributed by atoms with Gasteiger partial charge >= 0.3 is 0 Å². The van der Waals surface area contributed by atoms with E-state index in [0.29, 0.717) is 22.4 Å². The summed E-state index contributed by atoms with van der Waals surface area (Å²) in [6.45, 7) is 0. The van der Waals surface area contributed by atoms with Gasteiger partial charge < -0.3 is 15.6 Å². The maximum absolute atomic E-state index is 14.3. The van der Waals surface area contributed by atoms with Gasteiger partial charge in [-0.05, 0) is 35.9 Å². The van der Waals surface area contributed by atoms with Crippen molar-refractivity contribution in [2.24, 2.45) is 5.10 Å². The number of benzene rings is 2. The van der Waals surface area contributed by atoms with E-state index < -0.39 is 11.6 Å². The molecule has 1 aromatic heterocycles. The summed E-state index contributed by atoms with van der Waals surface area (Å²) in [6, 6.07) is 10.3. The Morgan fingerprint density at radius 2 is 1.97 bits per heavy atom. The minimum atomic E-state index is -1.04. The van der Waals surface area contributed by atoms with Crippen LogP contribution in [-0.4, -0.2) is 23.0 Å². The number of aromatic hydroxyl groups is 1. The lowest BCUT2D eigenvalue weighted by molar-refractivity contribution is 0.373. The Kier molecular flexibility index (Phi) is 4.61. The first-order valence-electron chi connectivity index (χ1n) is 8.45. The molecule has 3 aromatic rings. The van der Waals surface area contributed by atoms with Crippen molar-refractivity contribution in [2.45, 2.75) is 0 Å². The number of hydrazone groups is 1. The Bertz CT molecular complexity index is 1120. The van der Waals surface area contributed by atoms with Gasteiger partial charge in [-0.15, -0.1) is 10.6 Å². The quantitative estimate of drug-likeness (QED) is 0.535. The average Bonchev–Trinajstić information content (AvgIpc) is 3.20. The Labute approximate surface area is 164 Å². The fourth-order valence-corrected chi connectivity index (χ4v) is 2.92. The van der Waals surface area contributed by atoms with Crippen molar-refractivity contribution in [1.29, 1.82) is 0 Å². The fourth-order valence-electron chi connectivity index (χ4n) is 2.92. The Morgan fingerprint density at radius 1 is 1.14 bits per heavy atom. The molecule has 2 heterocycles. The van der Waals surface area contributed by atoms with E-state index in [1.54, 1.807) is 24.4 Å².